The molecule has 0 fully saturated rings. The maximum atomic E-state index is 4.93. The van der Waals surface area contributed by atoms with Crippen LogP contribution in [0.2, 0.25) is 0 Å². The van der Waals surface area contributed by atoms with Gasteiger partial charge in [-0.05, 0) is 176 Å². The molecule has 0 bridgehead atoms. The minimum absolute atomic E-state index is 0. The van der Waals surface area contributed by atoms with Gasteiger partial charge in [0.15, 0.2) is 0 Å². The average molecular weight is 1030 g/mol. The zero-order chi connectivity index (χ0) is 52.2. The summed E-state index contributed by atoms with van der Waals surface area (Å²) < 4.78 is 0. The molecule has 372 valence electrons. The minimum Gasteiger partial charge on any atom is -0.443 e. The van der Waals surface area contributed by atoms with E-state index >= 15 is 0 Å². The fraction of sp³-hybridized carbons (Fsp3) is 0.235. The van der Waals surface area contributed by atoms with Crippen molar-refractivity contribution in [3.63, 3.8) is 0 Å². The van der Waals surface area contributed by atoms with Crippen LogP contribution in [0.1, 0.15) is 124 Å². The maximum Gasteiger partial charge on any atom is 2.00 e. The van der Waals surface area contributed by atoms with Gasteiger partial charge in [0.05, 0.1) is 17.2 Å². The first kappa shape index (κ1) is 53.9. The molecule has 0 radical (unpaired) electrons. The van der Waals surface area contributed by atoms with Crippen molar-refractivity contribution in [1.82, 2.24) is 19.9 Å². The quantitative estimate of drug-likeness (QED) is 0.128. The van der Waals surface area contributed by atoms with E-state index < -0.39 is 0 Å². The molecule has 0 aliphatic heterocycles. The molecule has 10 rings (SSSR count). The first-order valence-electron chi connectivity index (χ1n) is 26.2. The van der Waals surface area contributed by atoms with Gasteiger partial charge in [0.2, 0.25) is 0 Å². The summed E-state index contributed by atoms with van der Waals surface area (Å²) in [6, 6.07) is 55.4. The van der Waals surface area contributed by atoms with Crippen LogP contribution in [-0.4, -0.2) is 9.97 Å². The van der Waals surface area contributed by atoms with Crippen molar-refractivity contribution in [1.29, 1.82) is 0 Å². The summed E-state index contributed by atoms with van der Waals surface area (Å²) in [6.45, 7) is 26.7. The Morgan fingerprint density at radius 1 is 0.413 bits per heavy atom. The van der Waals surface area contributed by atoms with Crippen LogP contribution in [0, 0.1) is 27.7 Å². The Labute approximate surface area is 457 Å². The Morgan fingerprint density at radius 2 is 0.920 bits per heavy atom. The van der Waals surface area contributed by atoms with E-state index in [1.807, 2.05) is 24.5 Å². The van der Waals surface area contributed by atoms with Gasteiger partial charge in [-0.1, -0.05) is 206 Å². The standard InChI is InChI=1S/C34H28N3.C34H40N3.Zn/c1-21-10-7-11-22(2)33(21)27-15-9-17-30-26(27)18-19-31(35-30)37-32-20-28(25-14-5-6-16-29(25)36-32)34-23(3)12-8-13-24(34)4;1-21(2)27-11-9-12-28(22(3)4)33(27)25-15-17-35-31(19-25)37-32-20-26(16-18-36-32)34-29(23(5)6)13-10-14-30(34)24(7)8;/h5-20H,1-4H3;9-24H,1-8H3;/q2*-1;+2. The predicted octanol–water partition coefficient (Wildman–Crippen LogP) is 17.2. The van der Waals surface area contributed by atoms with Gasteiger partial charge in [-0.15, -0.1) is 0 Å². The molecule has 75 heavy (non-hydrogen) atoms. The molecule has 6 nitrogen and oxygen atoms in total. The van der Waals surface area contributed by atoms with Crippen LogP contribution in [0.4, 0.5) is 11.6 Å². The predicted molar refractivity (Wildman–Crippen MR) is 311 cm³/mol. The molecule has 0 aliphatic rings. The molecule has 0 N–H and O–H groups in total. The van der Waals surface area contributed by atoms with E-state index in [0.717, 1.165) is 38.5 Å². The third-order valence-electron chi connectivity index (χ3n) is 14.2. The van der Waals surface area contributed by atoms with Crippen LogP contribution < -0.4 is 20.9 Å². The number of rotatable bonds is 10. The van der Waals surface area contributed by atoms with Gasteiger partial charge in [-0.3, -0.25) is 9.97 Å². The summed E-state index contributed by atoms with van der Waals surface area (Å²) in [6.07, 6.45) is 3.73. The topological polar surface area (TPSA) is 78.7 Å². The normalized spacial score (nSPS) is 12.0. The number of aryl methyl sites for hydroxylation is 4. The third-order valence-corrected chi connectivity index (χ3v) is 14.2. The van der Waals surface area contributed by atoms with Crippen LogP contribution in [0.15, 0.2) is 180 Å². The van der Waals surface area contributed by atoms with Crippen LogP contribution in [-0.2, 0) is 19.5 Å². The van der Waals surface area contributed by atoms with E-state index in [0.29, 0.717) is 46.3 Å². The summed E-state index contributed by atoms with van der Waals surface area (Å²) in [7, 11) is 0. The molecule has 0 saturated heterocycles. The molecule has 4 aromatic heterocycles. The Morgan fingerprint density at radius 3 is 1.49 bits per heavy atom. The molecule has 6 aromatic carbocycles. The van der Waals surface area contributed by atoms with Gasteiger partial charge in [-0.25, -0.2) is 0 Å². The van der Waals surface area contributed by atoms with Gasteiger partial charge in [-0.2, -0.15) is 0 Å². The molecule has 10 aromatic rings. The van der Waals surface area contributed by atoms with Crippen LogP contribution in [0.5, 0.6) is 0 Å². The fourth-order valence-electron chi connectivity index (χ4n) is 10.6. The number of hydrogen-bond donors (Lipinski definition) is 0. The Balaban J connectivity index is 0.000000197. The van der Waals surface area contributed by atoms with Crippen LogP contribution >= 0.6 is 0 Å². The van der Waals surface area contributed by atoms with E-state index in [9.17, 15) is 0 Å². The van der Waals surface area contributed by atoms with Crippen molar-refractivity contribution in [3.8, 4) is 44.5 Å². The molecule has 0 spiro atoms. The number of pyridine rings is 4. The SMILES string of the molecule is CC(C)c1cccc(C(C)C)c1-c1ccnc(N=c2cc(-c3c(C(C)C)cccc3C(C)C)cc[n-]2)c1.Cc1cccc(C)c1-c1cccc2nc(N=c3cc(-c4c(C)cccc4C)c4ccccc4[n-]3)ccc12.[Zn+2]. The summed E-state index contributed by atoms with van der Waals surface area (Å²) in [5.74, 6) is 3.04. The molecule has 4 heterocycles. The monoisotopic (exact) mass is 1030 g/mol. The summed E-state index contributed by atoms with van der Waals surface area (Å²) in [5.41, 5.74) is 23.4. The van der Waals surface area contributed by atoms with Crippen molar-refractivity contribution in [2.24, 2.45) is 9.98 Å². The van der Waals surface area contributed by atoms with E-state index in [2.05, 4.69) is 239 Å². The molecular formula is C68H68N6Zn. The van der Waals surface area contributed by atoms with Crippen molar-refractivity contribution in [2.45, 2.75) is 107 Å². The van der Waals surface area contributed by atoms with Crippen molar-refractivity contribution in [2.75, 3.05) is 0 Å². The molecule has 7 heteroatoms. The van der Waals surface area contributed by atoms with Crippen molar-refractivity contribution < 1.29 is 19.5 Å². The second kappa shape index (κ2) is 23.5. The number of hydrogen-bond acceptors (Lipinski definition) is 4. The molecule has 0 aliphatic carbocycles. The number of para-hydroxylation sites is 1. The van der Waals surface area contributed by atoms with E-state index in [4.69, 9.17) is 20.0 Å². The minimum atomic E-state index is 0. The number of nitrogens with zero attached hydrogens (tertiary/aromatic N) is 6. The fourth-order valence-corrected chi connectivity index (χ4v) is 10.6. The smallest absolute Gasteiger partial charge is 0.443 e. The molecule has 0 atom stereocenters. The van der Waals surface area contributed by atoms with Crippen LogP contribution in [0.25, 0.3) is 66.3 Å². The number of aromatic nitrogens is 4. The van der Waals surface area contributed by atoms with Gasteiger partial charge < -0.3 is 20.0 Å². The Bertz CT molecular complexity index is 3720. The van der Waals surface area contributed by atoms with Gasteiger partial charge in [0.25, 0.3) is 0 Å². The Kier molecular flexibility index (Phi) is 16.9. The summed E-state index contributed by atoms with van der Waals surface area (Å²) in [5, 5.41) is 2.25. The second-order valence-corrected chi connectivity index (χ2v) is 20.9. The number of benzene rings is 6. The van der Waals surface area contributed by atoms with Gasteiger partial charge in [0.1, 0.15) is 0 Å². The first-order chi connectivity index (χ1) is 35.7. The zero-order valence-corrected chi connectivity index (χ0v) is 48.8. The summed E-state index contributed by atoms with van der Waals surface area (Å²) >= 11 is 0. The van der Waals surface area contributed by atoms with Gasteiger partial charge >= 0.3 is 19.5 Å². The van der Waals surface area contributed by atoms with Crippen molar-refractivity contribution in [3.05, 3.63) is 226 Å². The first-order valence-corrected chi connectivity index (χ1v) is 26.2. The second-order valence-electron chi connectivity index (χ2n) is 20.9. The summed E-state index contributed by atoms with van der Waals surface area (Å²) in [4.78, 5) is 28.8. The van der Waals surface area contributed by atoms with Crippen LogP contribution in [0.3, 0.4) is 0 Å². The molecule has 0 unspecified atom stereocenters. The largest absolute Gasteiger partial charge is 2.00 e. The van der Waals surface area contributed by atoms with Crippen molar-refractivity contribution >= 4 is 33.4 Å². The Hall–Kier alpha value is -7.34. The maximum absolute atomic E-state index is 4.93. The average Bonchev–Trinajstić information content (AvgIpc) is 3.38. The third kappa shape index (κ3) is 11.7. The molecule has 0 saturated carbocycles. The molecular weight excluding hydrogens is 966 g/mol. The van der Waals surface area contributed by atoms with E-state index in [1.165, 1.54) is 72.3 Å². The van der Waals surface area contributed by atoms with E-state index in [-0.39, 0.29) is 19.5 Å². The zero-order valence-electron chi connectivity index (χ0n) is 45.9. The van der Waals surface area contributed by atoms with Gasteiger partial charge in [0, 0.05) is 11.6 Å². The molecule has 0 amide bonds. The van der Waals surface area contributed by atoms with E-state index in [1.54, 1.807) is 0 Å². The number of fused-ring (bicyclic) bond motifs is 2.